The largest absolute Gasteiger partial charge is 0.496 e. The molecule has 0 radical (unpaired) electrons. The summed E-state index contributed by atoms with van der Waals surface area (Å²) in [5, 5.41) is 3.15. The molecule has 0 bridgehead atoms. The molecule has 8 nitrogen and oxygen atoms in total. The Hall–Kier alpha value is -3.01. The summed E-state index contributed by atoms with van der Waals surface area (Å²) in [5.41, 5.74) is 2.76. The van der Waals surface area contributed by atoms with Gasteiger partial charge in [0.15, 0.2) is 0 Å². The van der Waals surface area contributed by atoms with Gasteiger partial charge in [-0.2, -0.15) is 0 Å². The van der Waals surface area contributed by atoms with Crippen molar-refractivity contribution in [1.82, 2.24) is 14.7 Å². The van der Waals surface area contributed by atoms with Gasteiger partial charge in [0.25, 0.3) is 0 Å². The monoisotopic (exact) mass is 428 g/mol. The molecule has 3 rings (SSSR count). The highest BCUT2D eigenvalue weighted by atomic mass is 32.2. The number of anilines is 2. The van der Waals surface area contributed by atoms with E-state index in [0.29, 0.717) is 35.1 Å². The second-order valence-electron chi connectivity index (χ2n) is 6.48. The molecule has 0 spiro atoms. The van der Waals surface area contributed by atoms with E-state index in [9.17, 15) is 8.42 Å². The van der Waals surface area contributed by atoms with Crippen LogP contribution in [0.15, 0.2) is 59.8 Å². The van der Waals surface area contributed by atoms with E-state index in [1.807, 2.05) is 24.3 Å². The summed E-state index contributed by atoms with van der Waals surface area (Å²) in [6.45, 7) is 2.24. The molecule has 3 aromatic rings. The van der Waals surface area contributed by atoms with Gasteiger partial charge in [0, 0.05) is 31.0 Å². The Morgan fingerprint density at radius 2 is 1.83 bits per heavy atom. The average molecular weight is 429 g/mol. The van der Waals surface area contributed by atoms with Crippen LogP contribution in [0.2, 0.25) is 0 Å². The van der Waals surface area contributed by atoms with Gasteiger partial charge in [0.1, 0.15) is 17.9 Å². The summed E-state index contributed by atoms with van der Waals surface area (Å²) in [5.74, 6) is 1.23. The molecule has 2 aromatic carbocycles. The number of ether oxygens (including phenoxy) is 2. The number of hydrogen-bond donors (Lipinski definition) is 2. The van der Waals surface area contributed by atoms with Crippen molar-refractivity contribution in [2.24, 2.45) is 0 Å². The molecule has 2 N–H and O–H groups in total. The molecule has 0 saturated heterocycles. The Morgan fingerprint density at radius 1 is 1.03 bits per heavy atom. The summed E-state index contributed by atoms with van der Waals surface area (Å²) < 4.78 is 38.1. The quantitative estimate of drug-likeness (QED) is 0.505. The predicted molar refractivity (Wildman–Crippen MR) is 116 cm³/mol. The molecule has 0 unspecified atom stereocenters. The van der Waals surface area contributed by atoms with Crippen LogP contribution in [-0.4, -0.2) is 45.8 Å². The summed E-state index contributed by atoms with van der Waals surface area (Å²) in [7, 11) is -0.533. The van der Waals surface area contributed by atoms with E-state index in [1.54, 1.807) is 38.3 Å². The molecule has 158 valence electrons. The maximum Gasteiger partial charge on any atom is 0.240 e. The van der Waals surface area contributed by atoms with Gasteiger partial charge in [0.2, 0.25) is 10.0 Å². The summed E-state index contributed by atoms with van der Waals surface area (Å²) >= 11 is 0. The third-order valence-corrected chi connectivity index (χ3v) is 6.00. The van der Waals surface area contributed by atoms with E-state index in [0.717, 1.165) is 5.56 Å². The fraction of sp³-hybridized carbons (Fsp3) is 0.238. The van der Waals surface area contributed by atoms with Gasteiger partial charge in [-0.25, -0.2) is 23.1 Å². The van der Waals surface area contributed by atoms with Crippen LogP contribution in [0, 0.1) is 6.92 Å². The minimum Gasteiger partial charge on any atom is -0.496 e. The zero-order valence-electron chi connectivity index (χ0n) is 17.0. The van der Waals surface area contributed by atoms with Crippen LogP contribution >= 0.6 is 0 Å². The second-order valence-corrected chi connectivity index (χ2v) is 8.22. The lowest BCUT2D eigenvalue weighted by atomic mass is 10.1. The fourth-order valence-corrected chi connectivity index (χ4v) is 4.18. The van der Waals surface area contributed by atoms with Gasteiger partial charge in [-0.05, 0) is 36.8 Å². The maximum absolute atomic E-state index is 12.6. The number of benzene rings is 2. The van der Waals surface area contributed by atoms with Crippen LogP contribution in [0.5, 0.6) is 5.75 Å². The molecule has 1 aromatic heterocycles. The van der Waals surface area contributed by atoms with Gasteiger partial charge in [-0.1, -0.05) is 18.2 Å². The van der Waals surface area contributed by atoms with Gasteiger partial charge >= 0.3 is 0 Å². The Kier molecular flexibility index (Phi) is 6.99. The zero-order chi connectivity index (χ0) is 21.6. The lowest BCUT2D eigenvalue weighted by molar-refractivity contribution is 0.204. The molecule has 0 amide bonds. The predicted octanol–water partition coefficient (Wildman–Crippen LogP) is 3.13. The first-order valence-electron chi connectivity index (χ1n) is 9.26. The number of hydrogen-bond acceptors (Lipinski definition) is 7. The zero-order valence-corrected chi connectivity index (χ0v) is 17.9. The van der Waals surface area contributed by atoms with Crippen molar-refractivity contribution in [3.63, 3.8) is 0 Å². The van der Waals surface area contributed by atoms with Crippen molar-refractivity contribution in [2.45, 2.75) is 11.8 Å². The van der Waals surface area contributed by atoms with Crippen molar-refractivity contribution < 1.29 is 17.9 Å². The van der Waals surface area contributed by atoms with E-state index < -0.39 is 10.0 Å². The number of para-hydroxylation sites is 1. The molecule has 30 heavy (non-hydrogen) atoms. The molecule has 0 fully saturated rings. The van der Waals surface area contributed by atoms with Gasteiger partial charge in [-0.3, -0.25) is 0 Å². The molecule has 0 saturated carbocycles. The van der Waals surface area contributed by atoms with Crippen LogP contribution < -0.4 is 14.8 Å². The summed E-state index contributed by atoms with van der Waals surface area (Å²) in [6.07, 6.45) is 1.45. The van der Waals surface area contributed by atoms with Crippen LogP contribution in [0.25, 0.3) is 11.3 Å². The van der Waals surface area contributed by atoms with E-state index in [-0.39, 0.29) is 11.4 Å². The molecule has 0 aliphatic heterocycles. The SMILES string of the molecule is COCCNS(=O)(=O)c1cc(Nc2cc(-c3ccccc3OC)ncn2)ccc1C. The first-order valence-corrected chi connectivity index (χ1v) is 10.7. The number of aryl methyl sites for hydroxylation is 1. The number of aromatic nitrogens is 2. The van der Waals surface area contributed by atoms with Crippen molar-refractivity contribution >= 4 is 21.5 Å². The third-order valence-electron chi connectivity index (χ3n) is 4.40. The molecule has 1 heterocycles. The molecule has 0 aliphatic carbocycles. The summed E-state index contributed by atoms with van der Waals surface area (Å²) in [6, 6.07) is 14.5. The average Bonchev–Trinajstić information content (AvgIpc) is 2.75. The Bertz CT molecular complexity index is 1120. The number of methoxy groups -OCH3 is 2. The Balaban J connectivity index is 1.87. The standard InChI is InChI=1S/C21H24N4O4S/c1-15-8-9-16(12-20(15)30(26,27)24-10-11-28-2)25-21-13-18(22-14-23-21)17-6-4-5-7-19(17)29-3/h4-9,12-14,24H,10-11H2,1-3H3,(H,22,23,25). The van der Waals surface area contributed by atoms with Crippen LogP contribution in [0.3, 0.4) is 0 Å². The Labute approximate surface area is 176 Å². The minimum absolute atomic E-state index is 0.197. The van der Waals surface area contributed by atoms with Crippen LogP contribution in [0.1, 0.15) is 5.56 Å². The first-order chi connectivity index (χ1) is 14.4. The van der Waals surface area contributed by atoms with Crippen molar-refractivity contribution in [3.8, 4) is 17.0 Å². The van der Waals surface area contributed by atoms with Gasteiger partial charge in [-0.15, -0.1) is 0 Å². The first kappa shape index (κ1) is 21.7. The van der Waals surface area contributed by atoms with Gasteiger partial charge in [0.05, 0.1) is 24.3 Å². The topological polar surface area (TPSA) is 102 Å². The third kappa shape index (κ3) is 5.12. The molecule has 0 aliphatic rings. The number of nitrogens with one attached hydrogen (secondary N) is 2. The smallest absolute Gasteiger partial charge is 0.240 e. The molecular formula is C21H24N4O4S. The maximum atomic E-state index is 12.6. The Morgan fingerprint density at radius 3 is 2.60 bits per heavy atom. The fourth-order valence-electron chi connectivity index (χ4n) is 2.90. The van der Waals surface area contributed by atoms with Crippen LogP contribution in [0.4, 0.5) is 11.5 Å². The van der Waals surface area contributed by atoms with Crippen molar-refractivity contribution in [2.75, 3.05) is 32.7 Å². The molecule has 9 heteroatoms. The number of sulfonamides is 1. The lowest BCUT2D eigenvalue weighted by Crippen LogP contribution is -2.27. The van der Waals surface area contributed by atoms with E-state index in [2.05, 4.69) is 20.0 Å². The van der Waals surface area contributed by atoms with Crippen LogP contribution in [-0.2, 0) is 14.8 Å². The minimum atomic E-state index is -3.66. The van der Waals surface area contributed by atoms with E-state index in [1.165, 1.54) is 13.4 Å². The molecular weight excluding hydrogens is 404 g/mol. The lowest BCUT2D eigenvalue weighted by Gasteiger charge is -2.13. The highest BCUT2D eigenvalue weighted by molar-refractivity contribution is 7.89. The molecule has 0 atom stereocenters. The number of nitrogens with zero attached hydrogens (tertiary/aromatic N) is 2. The normalized spacial score (nSPS) is 11.3. The van der Waals surface area contributed by atoms with Crippen molar-refractivity contribution in [1.29, 1.82) is 0 Å². The van der Waals surface area contributed by atoms with E-state index in [4.69, 9.17) is 9.47 Å². The number of rotatable bonds is 9. The van der Waals surface area contributed by atoms with Gasteiger partial charge < -0.3 is 14.8 Å². The highest BCUT2D eigenvalue weighted by Gasteiger charge is 2.17. The van der Waals surface area contributed by atoms with Crippen molar-refractivity contribution in [3.05, 3.63) is 60.4 Å². The highest BCUT2D eigenvalue weighted by Crippen LogP contribution is 2.29. The summed E-state index contributed by atoms with van der Waals surface area (Å²) in [4.78, 5) is 8.77. The second kappa shape index (κ2) is 9.66. The van der Waals surface area contributed by atoms with E-state index >= 15 is 0 Å².